The number of aryl methyl sites for hydroxylation is 1. The second-order valence-electron chi connectivity index (χ2n) is 4.06. The van der Waals surface area contributed by atoms with Crippen LogP contribution in [0.15, 0.2) is 26.6 Å². The Balaban J connectivity index is 3.43. The molecule has 0 saturated heterocycles. The van der Waals surface area contributed by atoms with Crippen LogP contribution in [0.1, 0.15) is 5.56 Å². The van der Waals surface area contributed by atoms with E-state index in [4.69, 9.17) is 17.2 Å². The van der Waals surface area contributed by atoms with E-state index < -0.39 is 33.3 Å². The van der Waals surface area contributed by atoms with Crippen LogP contribution in [-0.2, 0) is 10.1 Å². The van der Waals surface area contributed by atoms with Crippen molar-refractivity contribution < 1.29 is 25.8 Å². The Morgan fingerprint density at radius 2 is 1.83 bits per heavy atom. The van der Waals surface area contributed by atoms with Crippen molar-refractivity contribution >= 4 is 43.7 Å². The standard InChI is InChI=1S/C10H11BrF3N5O3S/c1-4-2-7(22-23(20,21)10(12,13)14)6(3-5(4)11)18-9(17)19-8(15)16/h2-3H,1H3,(H6,15,16,17,18,19). The highest BCUT2D eigenvalue weighted by Crippen LogP contribution is 2.37. The van der Waals surface area contributed by atoms with Crippen LogP contribution in [0.2, 0.25) is 0 Å². The molecule has 0 unspecified atom stereocenters. The van der Waals surface area contributed by atoms with Crippen LogP contribution in [0.25, 0.3) is 0 Å². The van der Waals surface area contributed by atoms with Crippen molar-refractivity contribution in [3.05, 3.63) is 22.2 Å². The predicted octanol–water partition coefficient (Wildman–Crippen LogP) is 1.21. The third-order valence-electron chi connectivity index (χ3n) is 2.20. The van der Waals surface area contributed by atoms with Gasteiger partial charge in [-0.2, -0.15) is 26.6 Å². The average molecular weight is 418 g/mol. The summed E-state index contributed by atoms with van der Waals surface area (Å²) in [6.07, 6.45) is 0. The zero-order chi connectivity index (χ0) is 18.0. The van der Waals surface area contributed by atoms with Crippen LogP contribution in [0.3, 0.4) is 0 Å². The summed E-state index contributed by atoms with van der Waals surface area (Å²) < 4.78 is 64.1. The van der Waals surface area contributed by atoms with Gasteiger partial charge >= 0.3 is 15.6 Å². The first-order valence-electron chi connectivity index (χ1n) is 5.58. The maximum Gasteiger partial charge on any atom is 0.534 e. The SMILES string of the molecule is Cc1cc(OS(=O)(=O)C(F)(F)F)c(N=C(N)N=C(N)N)cc1Br. The maximum absolute atomic E-state index is 12.4. The Kier molecular flexibility index (Phi) is 5.47. The lowest BCUT2D eigenvalue weighted by atomic mass is 10.2. The van der Waals surface area contributed by atoms with Crippen molar-refractivity contribution in [2.75, 3.05) is 0 Å². The van der Waals surface area contributed by atoms with Gasteiger partial charge in [-0.3, -0.25) is 0 Å². The van der Waals surface area contributed by atoms with Crippen molar-refractivity contribution in [3.63, 3.8) is 0 Å². The van der Waals surface area contributed by atoms with E-state index in [1.54, 1.807) is 0 Å². The molecule has 128 valence electrons. The Morgan fingerprint density at radius 3 is 2.30 bits per heavy atom. The van der Waals surface area contributed by atoms with Crippen LogP contribution in [0.5, 0.6) is 5.75 Å². The number of hydrogen-bond donors (Lipinski definition) is 3. The molecule has 0 fully saturated rings. The van der Waals surface area contributed by atoms with Gasteiger partial charge in [-0.1, -0.05) is 15.9 Å². The number of guanidine groups is 2. The predicted molar refractivity (Wildman–Crippen MR) is 81.6 cm³/mol. The Morgan fingerprint density at radius 1 is 1.26 bits per heavy atom. The third kappa shape index (κ3) is 4.99. The zero-order valence-corrected chi connectivity index (χ0v) is 13.8. The minimum absolute atomic E-state index is 0.321. The number of hydrogen-bond acceptors (Lipinski definition) is 4. The first-order chi connectivity index (χ1) is 10.3. The minimum Gasteiger partial charge on any atom is -0.374 e. The molecule has 0 bridgehead atoms. The summed E-state index contributed by atoms with van der Waals surface area (Å²) in [5.74, 6) is -1.63. The number of nitrogens with two attached hydrogens (primary N) is 3. The quantitative estimate of drug-likeness (QED) is 0.291. The second kappa shape index (κ2) is 6.62. The van der Waals surface area contributed by atoms with Gasteiger partial charge in [0.25, 0.3) is 0 Å². The van der Waals surface area contributed by atoms with E-state index in [0.717, 1.165) is 6.07 Å². The lowest BCUT2D eigenvalue weighted by Crippen LogP contribution is -2.28. The summed E-state index contributed by atoms with van der Waals surface area (Å²) in [5, 5.41) is 0. The first kappa shape index (κ1) is 19.0. The van der Waals surface area contributed by atoms with Crippen LogP contribution in [-0.4, -0.2) is 25.8 Å². The van der Waals surface area contributed by atoms with Gasteiger partial charge in [0.05, 0.1) is 0 Å². The molecule has 0 amide bonds. The molecule has 0 heterocycles. The zero-order valence-electron chi connectivity index (χ0n) is 11.4. The van der Waals surface area contributed by atoms with Crippen LogP contribution < -0.4 is 21.4 Å². The van der Waals surface area contributed by atoms with Crippen LogP contribution in [0.4, 0.5) is 18.9 Å². The van der Waals surface area contributed by atoms with Crippen molar-refractivity contribution in [1.29, 1.82) is 0 Å². The highest BCUT2D eigenvalue weighted by Gasteiger charge is 2.48. The molecule has 0 saturated carbocycles. The van der Waals surface area contributed by atoms with E-state index in [-0.39, 0.29) is 5.69 Å². The molecule has 1 aromatic rings. The van der Waals surface area contributed by atoms with Gasteiger partial charge in [0.2, 0.25) is 5.96 Å². The fourth-order valence-corrected chi connectivity index (χ4v) is 2.04. The van der Waals surface area contributed by atoms with E-state index in [1.165, 1.54) is 13.0 Å². The minimum atomic E-state index is -5.87. The van der Waals surface area contributed by atoms with Gasteiger partial charge < -0.3 is 21.4 Å². The van der Waals surface area contributed by atoms with Gasteiger partial charge in [0.15, 0.2) is 11.7 Å². The molecular formula is C10H11BrF3N5O3S. The fraction of sp³-hybridized carbons (Fsp3) is 0.200. The topological polar surface area (TPSA) is 146 Å². The van der Waals surface area contributed by atoms with Gasteiger partial charge in [-0.25, -0.2) is 4.99 Å². The molecule has 13 heteroatoms. The number of aliphatic imine (C=N–C) groups is 2. The molecule has 6 N–H and O–H groups in total. The smallest absolute Gasteiger partial charge is 0.374 e. The number of nitrogens with zero attached hydrogens (tertiary/aromatic N) is 2. The van der Waals surface area contributed by atoms with Gasteiger partial charge in [0, 0.05) is 4.47 Å². The van der Waals surface area contributed by atoms with Crippen LogP contribution >= 0.6 is 15.9 Å². The lowest BCUT2D eigenvalue weighted by Gasteiger charge is -2.12. The highest BCUT2D eigenvalue weighted by atomic mass is 79.9. The molecule has 1 rings (SSSR count). The summed E-state index contributed by atoms with van der Waals surface area (Å²) in [5.41, 5.74) is 10.0. The van der Waals surface area contributed by atoms with Crippen molar-refractivity contribution in [3.8, 4) is 5.75 Å². The monoisotopic (exact) mass is 417 g/mol. The first-order valence-corrected chi connectivity index (χ1v) is 7.78. The molecular weight excluding hydrogens is 407 g/mol. The molecule has 0 atom stereocenters. The van der Waals surface area contributed by atoms with Gasteiger partial charge in [0.1, 0.15) is 5.69 Å². The van der Waals surface area contributed by atoms with E-state index in [2.05, 4.69) is 30.1 Å². The Bertz CT molecular complexity index is 773. The molecule has 0 aromatic heterocycles. The van der Waals surface area contributed by atoms with Crippen molar-refractivity contribution in [1.82, 2.24) is 0 Å². The van der Waals surface area contributed by atoms with Crippen molar-refractivity contribution in [2.45, 2.75) is 12.4 Å². The molecule has 0 aliphatic heterocycles. The Hall–Kier alpha value is -2.02. The number of alkyl halides is 3. The summed E-state index contributed by atoms with van der Waals surface area (Å²) in [6, 6.07) is 2.24. The van der Waals surface area contributed by atoms with Gasteiger partial charge in [-0.15, -0.1) is 0 Å². The van der Waals surface area contributed by atoms with Gasteiger partial charge in [-0.05, 0) is 24.6 Å². The molecule has 8 nitrogen and oxygen atoms in total. The van der Waals surface area contributed by atoms with E-state index in [9.17, 15) is 21.6 Å². The van der Waals surface area contributed by atoms with Crippen LogP contribution in [0, 0.1) is 6.92 Å². The molecule has 1 aromatic carbocycles. The summed E-state index contributed by atoms with van der Waals surface area (Å²) in [7, 11) is -5.87. The van der Waals surface area contributed by atoms with E-state index >= 15 is 0 Å². The summed E-state index contributed by atoms with van der Waals surface area (Å²) in [4.78, 5) is 7.00. The van der Waals surface area contributed by atoms with E-state index in [0.29, 0.717) is 10.0 Å². The number of rotatable bonds is 3. The van der Waals surface area contributed by atoms with Crippen molar-refractivity contribution in [2.24, 2.45) is 27.2 Å². The molecule has 0 radical (unpaired) electrons. The highest BCUT2D eigenvalue weighted by molar-refractivity contribution is 9.10. The second-order valence-corrected chi connectivity index (χ2v) is 6.45. The third-order valence-corrected chi connectivity index (χ3v) is 4.02. The summed E-state index contributed by atoms with van der Waals surface area (Å²) in [6.45, 7) is 1.50. The molecule has 0 spiro atoms. The fourth-order valence-electron chi connectivity index (χ4n) is 1.24. The normalized spacial score (nSPS) is 12.8. The molecule has 23 heavy (non-hydrogen) atoms. The maximum atomic E-state index is 12.4. The average Bonchev–Trinajstić information content (AvgIpc) is 2.32. The number of benzene rings is 1. The lowest BCUT2D eigenvalue weighted by molar-refractivity contribution is -0.0499. The van der Waals surface area contributed by atoms with E-state index in [1.807, 2.05) is 0 Å². The summed E-state index contributed by atoms with van der Waals surface area (Å²) >= 11 is 3.12. The number of halogens is 4. The largest absolute Gasteiger partial charge is 0.534 e. The molecule has 0 aliphatic rings. The Labute approximate surface area is 137 Å². The molecule has 0 aliphatic carbocycles.